The Labute approximate surface area is 152 Å². The molecule has 132 valence electrons. The maximum atomic E-state index is 12.9. The van der Waals surface area contributed by atoms with Crippen LogP contribution < -0.4 is 5.32 Å². The van der Waals surface area contributed by atoms with Crippen LogP contribution in [0, 0.1) is 0 Å². The number of anilines is 1. The highest BCUT2D eigenvalue weighted by Crippen LogP contribution is 2.59. The zero-order valence-electron chi connectivity index (χ0n) is 14.4. The predicted molar refractivity (Wildman–Crippen MR) is 104 cm³/mol. The number of esters is 1. The largest absolute Gasteiger partial charge is 0.456 e. The summed E-state index contributed by atoms with van der Waals surface area (Å²) < 4.78 is 5.33. The number of nitrogens with one attached hydrogen (secondary N) is 1. The fourth-order valence-electron chi connectivity index (χ4n) is 3.88. The minimum absolute atomic E-state index is 0.0137. The molecule has 1 aliphatic carbocycles. The first-order valence-electron chi connectivity index (χ1n) is 8.58. The topological polar surface area (TPSA) is 68.3 Å². The number of cyclic esters (lactones) is 1. The van der Waals surface area contributed by atoms with Gasteiger partial charge in [0.2, 0.25) is 5.78 Å². The van der Waals surface area contributed by atoms with E-state index in [1.165, 1.54) is 0 Å². The van der Waals surface area contributed by atoms with Crippen molar-refractivity contribution in [3.8, 4) is 0 Å². The molecule has 0 saturated carbocycles. The third kappa shape index (κ3) is 2.22. The molecular formula is C20H18N2O3S. The van der Waals surface area contributed by atoms with Crippen molar-refractivity contribution in [2.75, 3.05) is 23.3 Å². The molecule has 0 radical (unpaired) electrons. The minimum atomic E-state index is -1.30. The number of carbonyl (C=O) groups excluding carboxylic acids is 2. The van der Waals surface area contributed by atoms with E-state index in [2.05, 4.69) is 22.6 Å². The fraction of sp³-hybridized carbons (Fsp3) is 0.250. The molecule has 1 N–H and O–H groups in total. The fourth-order valence-corrected chi connectivity index (χ4v) is 6.30. The van der Waals surface area contributed by atoms with Crippen molar-refractivity contribution in [2.45, 2.75) is 12.8 Å². The predicted octanol–water partition coefficient (Wildman–Crippen LogP) is 3.57. The van der Waals surface area contributed by atoms with E-state index in [-0.39, 0.29) is 11.8 Å². The lowest BCUT2D eigenvalue weighted by atomic mass is 9.91. The summed E-state index contributed by atoms with van der Waals surface area (Å²) in [5.74, 6) is 1.04. The van der Waals surface area contributed by atoms with Gasteiger partial charge in [0.15, 0.2) is 0 Å². The number of rotatable bonds is 1. The third-order valence-electron chi connectivity index (χ3n) is 5.40. The summed E-state index contributed by atoms with van der Waals surface area (Å²) in [5, 5.41) is 5.50. The SMILES string of the molecule is CS1(C2=CC(=O)C3=C(C2)c2nccc4cccc(c24)N3)CCC(=O)OC1. The molecule has 0 amide bonds. The molecule has 1 saturated heterocycles. The number of allylic oxidation sites excluding steroid dienone is 3. The highest BCUT2D eigenvalue weighted by Gasteiger charge is 2.36. The van der Waals surface area contributed by atoms with Crippen molar-refractivity contribution in [3.05, 3.63) is 52.8 Å². The highest BCUT2D eigenvalue weighted by molar-refractivity contribution is 8.36. The molecule has 2 aliphatic heterocycles. The zero-order chi connectivity index (χ0) is 17.9. The molecule has 0 bridgehead atoms. The van der Waals surface area contributed by atoms with E-state index in [1.807, 2.05) is 18.2 Å². The van der Waals surface area contributed by atoms with Crippen LogP contribution in [-0.4, -0.2) is 34.7 Å². The van der Waals surface area contributed by atoms with Gasteiger partial charge in [0, 0.05) is 29.3 Å². The van der Waals surface area contributed by atoms with E-state index in [9.17, 15) is 9.59 Å². The van der Waals surface area contributed by atoms with Gasteiger partial charge >= 0.3 is 5.97 Å². The van der Waals surface area contributed by atoms with Crippen LogP contribution in [0.25, 0.3) is 16.3 Å². The van der Waals surface area contributed by atoms with Crippen LogP contribution in [-0.2, 0) is 14.3 Å². The van der Waals surface area contributed by atoms with Crippen LogP contribution in [0.1, 0.15) is 18.5 Å². The Balaban J connectivity index is 1.60. The number of carbonyl (C=O) groups is 2. The summed E-state index contributed by atoms with van der Waals surface area (Å²) in [6.07, 6.45) is 6.82. The van der Waals surface area contributed by atoms with Crippen LogP contribution in [0.3, 0.4) is 0 Å². The van der Waals surface area contributed by atoms with Gasteiger partial charge in [0.1, 0.15) is 5.94 Å². The van der Waals surface area contributed by atoms with Gasteiger partial charge in [-0.05, 0) is 40.5 Å². The molecule has 26 heavy (non-hydrogen) atoms. The number of pyridine rings is 1. The Hall–Kier alpha value is -2.60. The van der Waals surface area contributed by atoms with E-state index in [4.69, 9.17) is 4.74 Å². The third-order valence-corrected chi connectivity index (χ3v) is 8.67. The molecule has 1 fully saturated rings. The molecule has 6 heteroatoms. The Kier molecular flexibility index (Phi) is 3.28. The maximum absolute atomic E-state index is 12.9. The van der Waals surface area contributed by atoms with Gasteiger partial charge in [0.25, 0.3) is 0 Å². The standard InChI is InChI=1S/C20H18N2O3S/c1-26(8-6-17(24)25-11-26)13-9-14-19(16(23)10-13)22-15-4-2-3-12-5-7-21-20(14)18(12)15/h2-5,7,10,22H,6,8-9,11H2,1H3. The average molecular weight is 366 g/mol. The molecule has 1 aromatic heterocycles. The lowest BCUT2D eigenvalue weighted by Gasteiger charge is -2.42. The number of nitrogens with zero attached hydrogens (tertiary/aromatic N) is 1. The number of fused-ring (bicyclic) bond motifs is 1. The van der Waals surface area contributed by atoms with Crippen molar-refractivity contribution >= 4 is 43.8 Å². The van der Waals surface area contributed by atoms with Crippen molar-refractivity contribution in [2.24, 2.45) is 0 Å². The summed E-state index contributed by atoms with van der Waals surface area (Å²) >= 11 is 0. The smallest absolute Gasteiger partial charge is 0.307 e. The molecule has 1 atom stereocenters. The summed E-state index contributed by atoms with van der Waals surface area (Å²) in [5.41, 5.74) is 3.41. The van der Waals surface area contributed by atoms with E-state index >= 15 is 0 Å². The number of hydrogen-bond acceptors (Lipinski definition) is 5. The number of aromatic nitrogens is 1. The van der Waals surface area contributed by atoms with Crippen LogP contribution in [0.15, 0.2) is 47.1 Å². The highest BCUT2D eigenvalue weighted by atomic mass is 32.3. The van der Waals surface area contributed by atoms with Crippen LogP contribution >= 0.6 is 10.0 Å². The number of ketones is 1. The Morgan fingerprint density at radius 1 is 1.23 bits per heavy atom. The van der Waals surface area contributed by atoms with Gasteiger partial charge < -0.3 is 10.1 Å². The summed E-state index contributed by atoms with van der Waals surface area (Å²) in [7, 11) is -1.30. The van der Waals surface area contributed by atoms with Crippen LogP contribution in [0.5, 0.6) is 0 Å². The van der Waals surface area contributed by atoms with Crippen molar-refractivity contribution in [3.63, 3.8) is 0 Å². The second-order valence-electron chi connectivity index (χ2n) is 7.06. The molecule has 0 spiro atoms. The van der Waals surface area contributed by atoms with Gasteiger partial charge in [-0.1, -0.05) is 12.1 Å². The van der Waals surface area contributed by atoms with Gasteiger partial charge in [-0.3, -0.25) is 14.6 Å². The molecule has 3 heterocycles. The maximum Gasteiger partial charge on any atom is 0.307 e. The van der Waals surface area contributed by atoms with Crippen molar-refractivity contribution in [1.29, 1.82) is 0 Å². The van der Waals surface area contributed by atoms with E-state index in [0.717, 1.165) is 38.4 Å². The minimum Gasteiger partial charge on any atom is -0.456 e. The normalized spacial score (nSPS) is 27.2. The Bertz CT molecular complexity index is 1040. The van der Waals surface area contributed by atoms with Crippen molar-refractivity contribution < 1.29 is 14.3 Å². The summed E-state index contributed by atoms with van der Waals surface area (Å²) in [6, 6.07) is 8.02. The van der Waals surface area contributed by atoms with E-state index in [0.29, 0.717) is 24.5 Å². The summed E-state index contributed by atoms with van der Waals surface area (Å²) in [4.78, 5) is 30.1. The van der Waals surface area contributed by atoms with Crippen molar-refractivity contribution in [1.82, 2.24) is 4.98 Å². The van der Waals surface area contributed by atoms with E-state index < -0.39 is 10.0 Å². The lowest BCUT2D eigenvalue weighted by molar-refractivity contribution is -0.141. The second-order valence-corrected chi connectivity index (χ2v) is 10.8. The van der Waals surface area contributed by atoms with Gasteiger partial charge in [-0.2, -0.15) is 10.0 Å². The molecular weight excluding hydrogens is 348 g/mol. The molecule has 5 nitrogen and oxygen atoms in total. The number of hydrogen-bond donors (Lipinski definition) is 1. The molecule has 5 rings (SSSR count). The zero-order valence-corrected chi connectivity index (χ0v) is 15.2. The Morgan fingerprint density at radius 3 is 2.92 bits per heavy atom. The van der Waals surface area contributed by atoms with Crippen LogP contribution in [0.4, 0.5) is 5.69 Å². The molecule has 2 aromatic rings. The second kappa shape index (κ2) is 5.45. The number of ether oxygens (including phenoxy) is 1. The van der Waals surface area contributed by atoms with E-state index in [1.54, 1.807) is 12.3 Å². The summed E-state index contributed by atoms with van der Waals surface area (Å²) in [6.45, 7) is 0. The first-order chi connectivity index (χ1) is 12.5. The molecule has 1 aromatic carbocycles. The molecule has 1 unspecified atom stereocenters. The quantitative estimate of drug-likeness (QED) is 0.782. The first-order valence-corrected chi connectivity index (χ1v) is 11.0. The monoisotopic (exact) mass is 366 g/mol. The average Bonchev–Trinajstić information content (AvgIpc) is 2.65. The van der Waals surface area contributed by atoms with Crippen LogP contribution in [0.2, 0.25) is 0 Å². The Morgan fingerprint density at radius 2 is 2.12 bits per heavy atom. The first kappa shape index (κ1) is 15.6. The molecule has 3 aliphatic rings. The number of benzene rings is 1. The van der Waals surface area contributed by atoms with Gasteiger partial charge in [-0.25, -0.2) is 0 Å². The van der Waals surface area contributed by atoms with Gasteiger partial charge in [0.05, 0.1) is 17.8 Å². The van der Waals surface area contributed by atoms with Gasteiger partial charge in [-0.15, -0.1) is 0 Å². The lowest BCUT2D eigenvalue weighted by Crippen LogP contribution is -2.27.